The van der Waals surface area contributed by atoms with Crippen molar-refractivity contribution in [1.29, 1.82) is 0 Å². The Kier molecular flexibility index (Phi) is 4.19. The monoisotopic (exact) mass is 222 g/mol. The zero-order valence-electron chi connectivity index (χ0n) is 8.18. The Morgan fingerprint density at radius 2 is 1.94 bits per heavy atom. The summed E-state index contributed by atoms with van der Waals surface area (Å²) in [5.74, 6) is -1.31. The average molecular weight is 222 g/mol. The van der Waals surface area contributed by atoms with Gasteiger partial charge in [-0.05, 0) is 23.8 Å². The number of hydrogen-bond acceptors (Lipinski definition) is 4. The number of hydroxylamine groups is 2. The molecule has 2 amide bonds. The third-order valence-electron chi connectivity index (χ3n) is 1.79. The molecular weight excluding hydrogens is 212 g/mol. The molecule has 0 aliphatic rings. The molecule has 84 valence electrons. The quantitative estimate of drug-likeness (QED) is 0.336. The van der Waals surface area contributed by atoms with Crippen LogP contribution in [0.5, 0.6) is 0 Å². The highest BCUT2D eigenvalue weighted by Crippen LogP contribution is 2.06. The SMILES string of the molecule is O=C(/C=C\c1cccc(C(=O)NO)c1)NO. The topological polar surface area (TPSA) is 98.7 Å². The second kappa shape index (κ2) is 5.64. The van der Waals surface area contributed by atoms with Crippen LogP contribution in [0.25, 0.3) is 6.08 Å². The summed E-state index contributed by atoms with van der Waals surface area (Å²) in [6.45, 7) is 0. The van der Waals surface area contributed by atoms with Gasteiger partial charge in [0.15, 0.2) is 0 Å². The molecule has 0 atom stereocenters. The van der Waals surface area contributed by atoms with E-state index in [4.69, 9.17) is 10.4 Å². The minimum Gasteiger partial charge on any atom is -0.288 e. The number of rotatable bonds is 3. The van der Waals surface area contributed by atoms with Gasteiger partial charge < -0.3 is 0 Å². The summed E-state index contributed by atoms with van der Waals surface area (Å²) in [7, 11) is 0. The van der Waals surface area contributed by atoms with Gasteiger partial charge in [-0.25, -0.2) is 11.0 Å². The molecule has 0 saturated carbocycles. The number of amides is 2. The Balaban J connectivity index is 2.86. The van der Waals surface area contributed by atoms with Crippen LogP contribution in [0.1, 0.15) is 15.9 Å². The van der Waals surface area contributed by atoms with Crippen LogP contribution in [-0.4, -0.2) is 22.2 Å². The van der Waals surface area contributed by atoms with Gasteiger partial charge in [-0.1, -0.05) is 12.1 Å². The van der Waals surface area contributed by atoms with E-state index >= 15 is 0 Å². The third kappa shape index (κ3) is 3.19. The van der Waals surface area contributed by atoms with E-state index in [0.717, 1.165) is 6.08 Å². The molecule has 0 aliphatic carbocycles. The van der Waals surface area contributed by atoms with Gasteiger partial charge in [0.1, 0.15) is 0 Å². The van der Waals surface area contributed by atoms with E-state index in [9.17, 15) is 9.59 Å². The average Bonchev–Trinajstić information content (AvgIpc) is 2.35. The first-order chi connectivity index (χ1) is 7.67. The van der Waals surface area contributed by atoms with Gasteiger partial charge in [-0.3, -0.25) is 20.0 Å². The third-order valence-corrected chi connectivity index (χ3v) is 1.79. The fraction of sp³-hybridized carbons (Fsp3) is 0. The highest BCUT2D eigenvalue weighted by Gasteiger charge is 2.03. The molecule has 0 bridgehead atoms. The van der Waals surface area contributed by atoms with Gasteiger partial charge in [0, 0.05) is 11.6 Å². The molecule has 0 heterocycles. The van der Waals surface area contributed by atoms with Crippen molar-refractivity contribution in [2.75, 3.05) is 0 Å². The lowest BCUT2D eigenvalue weighted by Crippen LogP contribution is -2.18. The van der Waals surface area contributed by atoms with Crippen LogP contribution in [0.15, 0.2) is 30.3 Å². The van der Waals surface area contributed by atoms with Crippen LogP contribution in [-0.2, 0) is 4.79 Å². The molecule has 1 rings (SSSR count). The predicted octanol–water partition coefficient (Wildman–Crippen LogP) is 0.324. The van der Waals surface area contributed by atoms with Crippen molar-refractivity contribution in [3.63, 3.8) is 0 Å². The first-order valence-electron chi connectivity index (χ1n) is 4.34. The summed E-state index contributed by atoms with van der Waals surface area (Å²) in [5.41, 5.74) is 3.79. The summed E-state index contributed by atoms with van der Waals surface area (Å²) in [5, 5.41) is 16.7. The molecule has 0 aromatic heterocycles. The minimum atomic E-state index is -0.669. The van der Waals surface area contributed by atoms with Gasteiger partial charge >= 0.3 is 0 Å². The lowest BCUT2D eigenvalue weighted by Gasteiger charge is -1.99. The van der Waals surface area contributed by atoms with Crippen LogP contribution >= 0.6 is 0 Å². The second-order valence-corrected chi connectivity index (χ2v) is 2.88. The summed E-state index contributed by atoms with van der Waals surface area (Å²) in [6.07, 6.45) is 2.52. The Bertz CT molecular complexity index is 429. The molecule has 6 heteroatoms. The molecule has 0 unspecified atom stereocenters. The van der Waals surface area contributed by atoms with E-state index in [2.05, 4.69) is 0 Å². The highest BCUT2D eigenvalue weighted by atomic mass is 16.5. The van der Waals surface area contributed by atoms with E-state index in [1.165, 1.54) is 29.2 Å². The number of hydrogen-bond donors (Lipinski definition) is 4. The molecule has 0 radical (unpaired) electrons. The van der Waals surface area contributed by atoms with Crippen molar-refractivity contribution in [2.24, 2.45) is 0 Å². The minimum absolute atomic E-state index is 0.258. The number of carbonyl (C=O) groups is 2. The summed E-state index contributed by atoms with van der Waals surface area (Å²) >= 11 is 0. The van der Waals surface area contributed by atoms with Crippen LogP contribution in [0, 0.1) is 0 Å². The lowest BCUT2D eigenvalue weighted by molar-refractivity contribution is -0.124. The Morgan fingerprint density at radius 3 is 2.56 bits per heavy atom. The largest absolute Gasteiger partial charge is 0.288 e. The second-order valence-electron chi connectivity index (χ2n) is 2.88. The molecule has 6 nitrogen and oxygen atoms in total. The van der Waals surface area contributed by atoms with Gasteiger partial charge in [0.2, 0.25) is 0 Å². The summed E-state index contributed by atoms with van der Waals surface area (Å²) in [6, 6.07) is 6.25. The van der Waals surface area contributed by atoms with Crippen molar-refractivity contribution in [3.05, 3.63) is 41.5 Å². The highest BCUT2D eigenvalue weighted by molar-refractivity contribution is 5.95. The number of benzene rings is 1. The first kappa shape index (κ1) is 11.9. The molecule has 4 N–H and O–H groups in total. The Hall–Kier alpha value is -2.18. The van der Waals surface area contributed by atoms with E-state index < -0.39 is 11.8 Å². The molecule has 0 aliphatic heterocycles. The molecular formula is C10H10N2O4. The molecule has 1 aromatic rings. The van der Waals surface area contributed by atoms with Crippen molar-refractivity contribution in [2.45, 2.75) is 0 Å². The van der Waals surface area contributed by atoms with Crippen LogP contribution in [0.3, 0.4) is 0 Å². The van der Waals surface area contributed by atoms with E-state index in [1.807, 2.05) is 0 Å². The van der Waals surface area contributed by atoms with Crippen molar-refractivity contribution < 1.29 is 20.0 Å². The molecule has 16 heavy (non-hydrogen) atoms. The normalized spacial score (nSPS) is 10.1. The van der Waals surface area contributed by atoms with Crippen molar-refractivity contribution >= 4 is 17.9 Å². The fourth-order valence-corrected chi connectivity index (χ4v) is 1.06. The summed E-state index contributed by atoms with van der Waals surface area (Å²) < 4.78 is 0. The number of nitrogens with one attached hydrogen (secondary N) is 2. The van der Waals surface area contributed by atoms with E-state index in [1.54, 1.807) is 12.1 Å². The standard InChI is InChI=1S/C10H10N2O4/c13-9(11-15)5-4-7-2-1-3-8(6-7)10(14)12-16/h1-6,15-16H,(H,11,13)(H,12,14)/b5-4-. The van der Waals surface area contributed by atoms with Crippen LogP contribution < -0.4 is 11.0 Å². The number of carbonyl (C=O) groups excluding carboxylic acids is 2. The Morgan fingerprint density at radius 1 is 1.19 bits per heavy atom. The molecule has 0 saturated heterocycles. The predicted molar refractivity (Wildman–Crippen MR) is 54.7 cm³/mol. The Labute approximate surface area is 91.1 Å². The smallest absolute Gasteiger partial charge is 0.274 e. The molecule has 0 spiro atoms. The van der Waals surface area contributed by atoms with Crippen molar-refractivity contribution in [1.82, 2.24) is 11.0 Å². The molecule has 1 aromatic carbocycles. The van der Waals surface area contributed by atoms with Crippen LogP contribution in [0.4, 0.5) is 0 Å². The maximum Gasteiger partial charge on any atom is 0.274 e. The van der Waals surface area contributed by atoms with Gasteiger partial charge in [0.25, 0.3) is 11.8 Å². The van der Waals surface area contributed by atoms with Gasteiger partial charge in [0.05, 0.1) is 0 Å². The molecule has 0 fully saturated rings. The van der Waals surface area contributed by atoms with Gasteiger partial charge in [-0.2, -0.15) is 0 Å². The maximum atomic E-state index is 11.1. The first-order valence-corrected chi connectivity index (χ1v) is 4.34. The lowest BCUT2D eigenvalue weighted by atomic mass is 10.1. The zero-order valence-corrected chi connectivity index (χ0v) is 8.18. The van der Waals surface area contributed by atoms with E-state index in [-0.39, 0.29) is 5.56 Å². The van der Waals surface area contributed by atoms with E-state index in [0.29, 0.717) is 5.56 Å². The van der Waals surface area contributed by atoms with Crippen molar-refractivity contribution in [3.8, 4) is 0 Å². The maximum absolute atomic E-state index is 11.1. The van der Waals surface area contributed by atoms with Gasteiger partial charge in [-0.15, -0.1) is 0 Å². The fourth-order valence-electron chi connectivity index (χ4n) is 1.06. The van der Waals surface area contributed by atoms with Crippen LogP contribution in [0.2, 0.25) is 0 Å². The zero-order chi connectivity index (χ0) is 12.0. The summed E-state index contributed by atoms with van der Waals surface area (Å²) in [4.78, 5) is 21.7.